The van der Waals surface area contributed by atoms with Crippen molar-refractivity contribution in [3.63, 3.8) is 0 Å². The van der Waals surface area contributed by atoms with Crippen molar-refractivity contribution in [3.05, 3.63) is 46.6 Å². The number of rotatable bonds is 5. The van der Waals surface area contributed by atoms with Crippen LogP contribution < -0.4 is 5.32 Å². The second kappa shape index (κ2) is 8.59. The van der Waals surface area contributed by atoms with E-state index in [2.05, 4.69) is 36.1 Å². The summed E-state index contributed by atoms with van der Waals surface area (Å²) in [5, 5.41) is 13.8. The van der Waals surface area contributed by atoms with Crippen molar-refractivity contribution in [2.75, 3.05) is 11.1 Å². The maximum atomic E-state index is 12.5. The maximum Gasteiger partial charge on any atom is 0.335 e. The molecule has 1 aliphatic rings. The summed E-state index contributed by atoms with van der Waals surface area (Å²) in [7, 11) is 0. The normalized spacial score (nSPS) is 16.2. The summed E-state index contributed by atoms with van der Waals surface area (Å²) in [5.41, 5.74) is 2.24. The Labute approximate surface area is 189 Å². The molecule has 0 bridgehead atoms. The predicted molar refractivity (Wildman–Crippen MR) is 125 cm³/mol. The minimum atomic E-state index is -1.02. The fourth-order valence-corrected chi connectivity index (χ4v) is 6.15. The van der Waals surface area contributed by atoms with Crippen LogP contribution in [-0.4, -0.2) is 32.7 Å². The van der Waals surface area contributed by atoms with Gasteiger partial charge in [-0.3, -0.25) is 4.79 Å². The number of anilines is 1. The van der Waals surface area contributed by atoms with Crippen LogP contribution in [0.2, 0.25) is 0 Å². The highest BCUT2D eigenvalue weighted by Gasteiger charge is 2.31. The van der Waals surface area contributed by atoms with Gasteiger partial charge in [0.25, 0.3) is 0 Å². The molecule has 3 aromatic rings. The van der Waals surface area contributed by atoms with Gasteiger partial charge in [0.2, 0.25) is 5.91 Å². The molecule has 0 saturated heterocycles. The number of carboxylic acids is 1. The average Bonchev–Trinajstić information content (AvgIpc) is 3.10. The van der Waals surface area contributed by atoms with Gasteiger partial charge in [-0.2, -0.15) is 0 Å². The van der Waals surface area contributed by atoms with E-state index in [-0.39, 0.29) is 22.6 Å². The van der Waals surface area contributed by atoms with Crippen LogP contribution in [0.5, 0.6) is 0 Å². The third-order valence-corrected chi connectivity index (χ3v) is 7.92. The van der Waals surface area contributed by atoms with Gasteiger partial charge in [0.1, 0.15) is 16.2 Å². The molecule has 4 rings (SSSR count). The van der Waals surface area contributed by atoms with Crippen molar-refractivity contribution in [3.8, 4) is 0 Å². The van der Waals surface area contributed by atoms with Gasteiger partial charge >= 0.3 is 5.97 Å². The van der Waals surface area contributed by atoms with Crippen LogP contribution in [0.1, 0.15) is 48.0 Å². The first kappa shape index (κ1) is 21.8. The number of fused-ring (bicyclic) bond motifs is 3. The second-order valence-electron chi connectivity index (χ2n) is 8.89. The smallest absolute Gasteiger partial charge is 0.335 e. The number of thiophene rings is 1. The molecule has 1 aliphatic carbocycles. The number of aromatic carboxylic acids is 1. The lowest BCUT2D eigenvalue weighted by molar-refractivity contribution is -0.113. The van der Waals surface area contributed by atoms with E-state index in [0.717, 1.165) is 34.5 Å². The topological polar surface area (TPSA) is 92.2 Å². The lowest BCUT2D eigenvalue weighted by Gasteiger charge is -2.33. The number of thioether (sulfide) groups is 1. The van der Waals surface area contributed by atoms with Gasteiger partial charge in [-0.05, 0) is 54.4 Å². The van der Waals surface area contributed by atoms with E-state index >= 15 is 0 Å². The third kappa shape index (κ3) is 4.75. The van der Waals surface area contributed by atoms with Gasteiger partial charge in [0.15, 0.2) is 0 Å². The van der Waals surface area contributed by atoms with E-state index in [9.17, 15) is 9.59 Å². The molecule has 2 N–H and O–H groups in total. The molecule has 0 saturated carbocycles. The zero-order valence-electron chi connectivity index (χ0n) is 17.8. The Morgan fingerprint density at radius 1 is 1.29 bits per heavy atom. The minimum Gasteiger partial charge on any atom is -0.478 e. The number of aromatic nitrogens is 2. The van der Waals surface area contributed by atoms with Crippen molar-refractivity contribution < 1.29 is 14.7 Å². The summed E-state index contributed by atoms with van der Waals surface area (Å²) < 4.78 is 0. The highest BCUT2D eigenvalue weighted by atomic mass is 32.2. The third-order valence-electron chi connectivity index (χ3n) is 5.77. The Bertz CT molecular complexity index is 1150. The first-order valence-corrected chi connectivity index (χ1v) is 12.0. The summed E-state index contributed by atoms with van der Waals surface area (Å²) in [6, 6.07) is 6.24. The van der Waals surface area contributed by atoms with Crippen LogP contribution in [0.4, 0.5) is 5.69 Å². The van der Waals surface area contributed by atoms with Crippen LogP contribution in [0, 0.1) is 11.3 Å². The van der Waals surface area contributed by atoms with Crippen LogP contribution in [0.15, 0.2) is 35.6 Å². The predicted octanol–water partition coefficient (Wildman–Crippen LogP) is 5.27. The number of amides is 1. The number of nitrogens with one attached hydrogen (secondary N) is 1. The summed E-state index contributed by atoms with van der Waals surface area (Å²) in [6.07, 6.45) is 4.82. The van der Waals surface area contributed by atoms with Crippen molar-refractivity contribution in [1.82, 2.24) is 9.97 Å². The molecule has 0 fully saturated rings. The number of nitrogens with zero attached hydrogens (tertiary/aromatic N) is 2. The van der Waals surface area contributed by atoms with Gasteiger partial charge in [0, 0.05) is 16.0 Å². The van der Waals surface area contributed by atoms with Crippen molar-refractivity contribution in [2.24, 2.45) is 11.3 Å². The van der Waals surface area contributed by atoms with E-state index < -0.39 is 5.97 Å². The zero-order chi connectivity index (χ0) is 22.2. The molecule has 162 valence electrons. The molecule has 6 nitrogen and oxygen atoms in total. The molecular weight excluding hydrogens is 430 g/mol. The van der Waals surface area contributed by atoms with E-state index in [1.165, 1.54) is 34.3 Å². The molecular formula is C23H25N3O3S2. The Hall–Kier alpha value is -2.45. The molecule has 31 heavy (non-hydrogen) atoms. The van der Waals surface area contributed by atoms with Crippen LogP contribution >= 0.6 is 23.1 Å². The molecule has 0 unspecified atom stereocenters. The number of carbonyl (C=O) groups is 2. The summed E-state index contributed by atoms with van der Waals surface area (Å²) in [6.45, 7) is 6.92. The largest absolute Gasteiger partial charge is 0.478 e. The number of hydrogen-bond donors (Lipinski definition) is 2. The average molecular weight is 456 g/mol. The number of hydrogen-bond acceptors (Lipinski definition) is 6. The van der Waals surface area contributed by atoms with Crippen LogP contribution in [0.3, 0.4) is 0 Å². The lowest BCUT2D eigenvalue weighted by Crippen LogP contribution is -2.26. The lowest BCUT2D eigenvalue weighted by atomic mass is 9.72. The van der Waals surface area contributed by atoms with Gasteiger partial charge in [-0.15, -0.1) is 11.3 Å². The van der Waals surface area contributed by atoms with Gasteiger partial charge in [-0.25, -0.2) is 14.8 Å². The molecule has 0 radical (unpaired) electrons. The Balaban J connectivity index is 1.49. The standard InChI is InChI=1S/C23H25N3O3S2/c1-23(2,3)14-7-8-16-17(10-14)31-21-19(16)20(24-12-25-21)30-11-18(27)26-15-6-4-5-13(9-15)22(28)29/h4-6,9,12,14H,7-8,10-11H2,1-3H3,(H,26,27)(H,28,29)/t14-/m1/s1. The van der Waals surface area contributed by atoms with E-state index in [1.807, 2.05) is 0 Å². The monoisotopic (exact) mass is 455 g/mol. The maximum absolute atomic E-state index is 12.5. The molecule has 2 heterocycles. The summed E-state index contributed by atoms with van der Waals surface area (Å²) in [5.74, 6) is -0.371. The molecule has 0 spiro atoms. The van der Waals surface area contributed by atoms with Gasteiger partial charge < -0.3 is 10.4 Å². The van der Waals surface area contributed by atoms with Crippen molar-refractivity contribution in [2.45, 2.75) is 45.1 Å². The highest BCUT2D eigenvalue weighted by molar-refractivity contribution is 8.00. The van der Waals surface area contributed by atoms with Crippen LogP contribution in [-0.2, 0) is 17.6 Å². The molecule has 1 aromatic carbocycles. The fraction of sp³-hybridized carbons (Fsp3) is 0.391. The number of carboxylic acid groups (broad SMARTS) is 1. The summed E-state index contributed by atoms with van der Waals surface area (Å²) >= 11 is 3.15. The fourth-order valence-electron chi connectivity index (χ4n) is 3.99. The van der Waals surface area contributed by atoms with Crippen molar-refractivity contribution >= 4 is 50.9 Å². The minimum absolute atomic E-state index is 0.140. The van der Waals surface area contributed by atoms with E-state index in [1.54, 1.807) is 29.8 Å². The molecule has 0 aliphatic heterocycles. The quantitative estimate of drug-likeness (QED) is 0.402. The molecule has 1 amide bonds. The number of benzene rings is 1. The first-order chi connectivity index (χ1) is 14.7. The molecule has 8 heteroatoms. The van der Waals surface area contributed by atoms with E-state index in [4.69, 9.17) is 5.11 Å². The summed E-state index contributed by atoms with van der Waals surface area (Å²) in [4.78, 5) is 34.9. The number of carbonyl (C=O) groups excluding carboxylic acids is 1. The first-order valence-electron chi connectivity index (χ1n) is 10.2. The SMILES string of the molecule is CC(C)(C)[C@@H]1CCc2c(sc3ncnc(SCC(=O)Nc4cccc(C(=O)O)c4)c23)C1. The second-order valence-corrected chi connectivity index (χ2v) is 10.9. The Morgan fingerprint density at radius 2 is 2.10 bits per heavy atom. The van der Waals surface area contributed by atoms with Gasteiger partial charge in [-0.1, -0.05) is 38.6 Å². The highest BCUT2D eigenvalue weighted by Crippen LogP contribution is 2.44. The van der Waals surface area contributed by atoms with Crippen LogP contribution in [0.25, 0.3) is 10.2 Å². The molecule has 1 atom stereocenters. The molecule has 2 aromatic heterocycles. The zero-order valence-corrected chi connectivity index (χ0v) is 19.4. The van der Waals surface area contributed by atoms with E-state index in [0.29, 0.717) is 11.6 Å². The van der Waals surface area contributed by atoms with Gasteiger partial charge in [0.05, 0.1) is 11.3 Å². The Morgan fingerprint density at radius 3 is 2.84 bits per heavy atom. The van der Waals surface area contributed by atoms with Crippen molar-refractivity contribution in [1.29, 1.82) is 0 Å². The number of aryl methyl sites for hydroxylation is 1. The Kier molecular flexibility index (Phi) is 6.03.